The second-order valence-electron chi connectivity index (χ2n) is 6.49. The third kappa shape index (κ3) is 2.99. The summed E-state index contributed by atoms with van der Waals surface area (Å²) in [6.07, 6.45) is 5.26. The maximum atomic E-state index is 6.48. The minimum atomic E-state index is 0.685. The van der Waals surface area contributed by atoms with E-state index in [0.29, 0.717) is 6.04 Å². The quantitative estimate of drug-likeness (QED) is 0.907. The number of fused-ring (bicyclic) bond motifs is 2. The molecule has 2 aliphatic heterocycles. The van der Waals surface area contributed by atoms with Crippen molar-refractivity contribution in [2.75, 3.05) is 6.54 Å². The Hall–Kier alpha value is -0.580. The minimum Gasteiger partial charge on any atom is -0.311 e. The third-order valence-corrected chi connectivity index (χ3v) is 5.67. The molecule has 2 unspecified atom stereocenters. The van der Waals surface area contributed by atoms with Crippen LogP contribution in [0.3, 0.4) is 0 Å². The number of halogens is 1. The van der Waals surface area contributed by atoms with Crippen LogP contribution in [-0.4, -0.2) is 39.4 Å². The van der Waals surface area contributed by atoms with Crippen LogP contribution in [0.5, 0.6) is 0 Å². The lowest BCUT2D eigenvalue weighted by Crippen LogP contribution is -2.48. The van der Waals surface area contributed by atoms with Crippen molar-refractivity contribution in [3.8, 4) is 0 Å². The van der Waals surface area contributed by atoms with E-state index in [0.717, 1.165) is 42.4 Å². The van der Waals surface area contributed by atoms with Gasteiger partial charge in [-0.25, -0.2) is 0 Å². The summed E-state index contributed by atoms with van der Waals surface area (Å²) >= 11 is 6.48. The summed E-state index contributed by atoms with van der Waals surface area (Å²) in [4.78, 5) is 2.60. The minimum absolute atomic E-state index is 0.685. The van der Waals surface area contributed by atoms with Gasteiger partial charge in [-0.3, -0.25) is 9.58 Å². The summed E-state index contributed by atoms with van der Waals surface area (Å²) in [5.41, 5.74) is 2.14. The largest absolute Gasteiger partial charge is 0.311 e. The molecule has 0 spiro atoms. The highest BCUT2D eigenvalue weighted by Crippen LogP contribution is 2.31. The van der Waals surface area contributed by atoms with Crippen LogP contribution in [0.15, 0.2) is 0 Å². The average Bonchev–Trinajstić information content (AvgIpc) is 2.96. The molecule has 1 aromatic heterocycles. The molecule has 4 nitrogen and oxygen atoms in total. The van der Waals surface area contributed by atoms with Crippen molar-refractivity contribution in [3.05, 3.63) is 16.4 Å². The zero-order chi connectivity index (χ0) is 15.0. The number of rotatable bonds is 5. The first-order valence-corrected chi connectivity index (χ1v) is 8.72. The van der Waals surface area contributed by atoms with Crippen LogP contribution in [0.1, 0.15) is 50.9 Å². The van der Waals surface area contributed by atoms with Gasteiger partial charge in [-0.15, -0.1) is 0 Å². The van der Waals surface area contributed by atoms with E-state index in [9.17, 15) is 0 Å². The molecule has 1 aromatic rings. The molecule has 3 rings (SSSR count). The Kier molecular flexibility index (Phi) is 4.57. The first-order chi connectivity index (χ1) is 10.1. The number of hydrogen-bond donors (Lipinski definition) is 1. The van der Waals surface area contributed by atoms with Crippen molar-refractivity contribution < 1.29 is 0 Å². The molecule has 3 heterocycles. The molecule has 2 bridgehead atoms. The number of nitrogens with one attached hydrogen (secondary N) is 1. The molecule has 0 amide bonds. The average molecular weight is 311 g/mol. The molecule has 5 heteroatoms. The van der Waals surface area contributed by atoms with Gasteiger partial charge in [0.05, 0.1) is 16.4 Å². The second-order valence-corrected chi connectivity index (χ2v) is 6.87. The van der Waals surface area contributed by atoms with E-state index in [1.54, 1.807) is 0 Å². The molecule has 1 N–H and O–H groups in total. The van der Waals surface area contributed by atoms with Gasteiger partial charge in [0.2, 0.25) is 0 Å². The van der Waals surface area contributed by atoms with Crippen LogP contribution in [0.4, 0.5) is 0 Å². The molecule has 0 saturated carbocycles. The first-order valence-electron chi connectivity index (χ1n) is 8.34. The lowest BCUT2D eigenvalue weighted by Gasteiger charge is -2.37. The van der Waals surface area contributed by atoms with Crippen molar-refractivity contribution in [2.45, 2.75) is 77.7 Å². The summed E-state index contributed by atoms with van der Waals surface area (Å²) in [6, 6.07) is 2.15. The highest BCUT2D eigenvalue weighted by atomic mass is 35.5. The second kappa shape index (κ2) is 6.27. The molecular formula is C16H27ClN4. The van der Waals surface area contributed by atoms with E-state index >= 15 is 0 Å². The summed E-state index contributed by atoms with van der Waals surface area (Å²) in [6.45, 7) is 9.28. The van der Waals surface area contributed by atoms with Gasteiger partial charge in [0.25, 0.3) is 0 Å². The predicted octanol–water partition coefficient (Wildman–Crippen LogP) is 2.97. The smallest absolute Gasteiger partial charge is 0.0860 e. The van der Waals surface area contributed by atoms with Crippen LogP contribution in [0, 0.1) is 6.92 Å². The lowest BCUT2D eigenvalue weighted by molar-refractivity contribution is 0.137. The van der Waals surface area contributed by atoms with Crippen LogP contribution < -0.4 is 5.32 Å². The maximum absolute atomic E-state index is 6.48. The van der Waals surface area contributed by atoms with Gasteiger partial charge >= 0.3 is 0 Å². The van der Waals surface area contributed by atoms with E-state index in [-0.39, 0.29) is 0 Å². The SMILES string of the molecule is CCN(Cc1c(Cl)c(C)nn1CC)C1CC2CCC(C1)N2. The van der Waals surface area contributed by atoms with Crippen LogP contribution in [-0.2, 0) is 13.1 Å². The zero-order valence-corrected chi connectivity index (χ0v) is 14.2. The van der Waals surface area contributed by atoms with Crippen molar-refractivity contribution >= 4 is 11.6 Å². The van der Waals surface area contributed by atoms with Gasteiger partial charge in [-0.2, -0.15) is 5.10 Å². The van der Waals surface area contributed by atoms with E-state index in [2.05, 4.69) is 33.8 Å². The zero-order valence-electron chi connectivity index (χ0n) is 13.4. The molecular weight excluding hydrogens is 284 g/mol. The topological polar surface area (TPSA) is 33.1 Å². The maximum Gasteiger partial charge on any atom is 0.0860 e. The van der Waals surface area contributed by atoms with Crippen molar-refractivity contribution in [2.24, 2.45) is 0 Å². The normalized spacial score (nSPS) is 28.5. The number of aryl methyl sites for hydroxylation is 2. The Morgan fingerprint density at radius 2 is 1.95 bits per heavy atom. The monoisotopic (exact) mass is 310 g/mol. The molecule has 21 heavy (non-hydrogen) atoms. The molecule has 2 atom stereocenters. The van der Waals surface area contributed by atoms with Crippen molar-refractivity contribution in [1.29, 1.82) is 0 Å². The van der Waals surface area contributed by atoms with Crippen LogP contribution in [0.25, 0.3) is 0 Å². The predicted molar refractivity (Wildman–Crippen MR) is 86.7 cm³/mol. The fraction of sp³-hybridized carbons (Fsp3) is 0.812. The molecule has 2 fully saturated rings. The van der Waals surface area contributed by atoms with Gasteiger partial charge in [-0.1, -0.05) is 18.5 Å². The highest BCUT2D eigenvalue weighted by Gasteiger charge is 2.36. The molecule has 118 valence electrons. The van der Waals surface area contributed by atoms with Crippen molar-refractivity contribution in [1.82, 2.24) is 20.0 Å². The molecule has 0 aliphatic carbocycles. The van der Waals surface area contributed by atoms with Crippen molar-refractivity contribution in [3.63, 3.8) is 0 Å². The Morgan fingerprint density at radius 3 is 2.52 bits per heavy atom. The third-order valence-electron chi connectivity index (χ3n) is 5.18. The van der Waals surface area contributed by atoms with E-state index < -0.39 is 0 Å². The van der Waals surface area contributed by atoms with E-state index in [1.807, 2.05) is 6.92 Å². The molecule has 2 saturated heterocycles. The van der Waals surface area contributed by atoms with Crippen LogP contribution >= 0.6 is 11.6 Å². The molecule has 0 aromatic carbocycles. The molecule has 0 radical (unpaired) electrons. The van der Waals surface area contributed by atoms with Gasteiger partial charge in [-0.05, 0) is 46.1 Å². The standard InChI is InChI=1S/C16H27ClN4/c1-4-20(14-8-12-6-7-13(9-14)18-12)10-15-16(17)11(3)19-21(15)5-2/h12-14,18H,4-10H2,1-3H3. The highest BCUT2D eigenvalue weighted by molar-refractivity contribution is 6.31. The fourth-order valence-electron chi connectivity index (χ4n) is 4.04. The number of nitrogens with zero attached hydrogens (tertiary/aromatic N) is 3. The van der Waals surface area contributed by atoms with E-state index in [1.165, 1.54) is 31.4 Å². The molecule has 2 aliphatic rings. The Morgan fingerprint density at radius 1 is 1.29 bits per heavy atom. The summed E-state index contributed by atoms with van der Waals surface area (Å²) in [5.74, 6) is 0. The lowest BCUT2D eigenvalue weighted by atomic mass is 9.98. The van der Waals surface area contributed by atoms with Gasteiger partial charge in [0.1, 0.15) is 0 Å². The Balaban J connectivity index is 1.75. The summed E-state index contributed by atoms with van der Waals surface area (Å²) in [7, 11) is 0. The number of piperidine rings is 1. The fourth-order valence-corrected chi connectivity index (χ4v) is 4.23. The van der Waals surface area contributed by atoms with Gasteiger partial charge in [0.15, 0.2) is 0 Å². The Labute approximate surface area is 132 Å². The van der Waals surface area contributed by atoms with Gasteiger partial charge < -0.3 is 5.32 Å². The first kappa shape index (κ1) is 15.3. The summed E-state index contributed by atoms with van der Waals surface area (Å²) < 4.78 is 2.07. The van der Waals surface area contributed by atoms with Crippen LogP contribution in [0.2, 0.25) is 5.02 Å². The number of hydrogen-bond acceptors (Lipinski definition) is 3. The number of aromatic nitrogens is 2. The van der Waals surface area contributed by atoms with Gasteiger partial charge in [0, 0.05) is 31.2 Å². The Bertz CT molecular complexity index is 487. The van der Waals surface area contributed by atoms with E-state index in [4.69, 9.17) is 11.6 Å². The summed E-state index contributed by atoms with van der Waals surface area (Å²) in [5, 5.41) is 9.13.